The summed E-state index contributed by atoms with van der Waals surface area (Å²) < 4.78 is 5.42. The van der Waals surface area contributed by atoms with E-state index in [9.17, 15) is 0 Å². The summed E-state index contributed by atoms with van der Waals surface area (Å²) in [5, 5.41) is 16.0. The van der Waals surface area contributed by atoms with Crippen molar-refractivity contribution in [3.63, 3.8) is 0 Å². The summed E-state index contributed by atoms with van der Waals surface area (Å²) in [6.45, 7) is 4.07. The number of aromatic nitrogens is 5. The third-order valence-electron chi connectivity index (χ3n) is 3.38. The van der Waals surface area contributed by atoms with Gasteiger partial charge in [-0.1, -0.05) is 19.0 Å². The Bertz CT molecular complexity index is 837. The molecule has 120 valence electrons. The molecule has 1 N–H and O–H groups in total. The highest BCUT2D eigenvalue weighted by atomic mass is 16.5. The number of nitrogens with one attached hydrogen (secondary N) is 1. The molecule has 0 spiro atoms. The van der Waals surface area contributed by atoms with E-state index in [1.165, 1.54) is 12.4 Å². The Balaban J connectivity index is 1.83. The van der Waals surface area contributed by atoms with Crippen LogP contribution < -0.4 is 5.32 Å². The van der Waals surface area contributed by atoms with Gasteiger partial charge < -0.3 is 9.84 Å². The van der Waals surface area contributed by atoms with Gasteiger partial charge in [-0.3, -0.25) is 4.98 Å². The van der Waals surface area contributed by atoms with Crippen LogP contribution in [0, 0.1) is 17.2 Å². The van der Waals surface area contributed by atoms with E-state index in [1.54, 1.807) is 12.4 Å². The molecule has 0 bridgehead atoms. The van der Waals surface area contributed by atoms with E-state index in [1.807, 2.05) is 32.0 Å². The van der Waals surface area contributed by atoms with Gasteiger partial charge in [0.15, 0.2) is 5.69 Å². The Kier molecular flexibility index (Phi) is 4.43. The maximum absolute atomic E-state index is 8.78. The number of rotatable bonds is 5. The minimum absolute atomic E-state index is 0.174. The molecule has 1 atom stereocenters. The molecular weight excluding hydrogens is 306 g/mol. The quantitative estimate of drug-likeness (QED) is 0.762. The second-order valence-corrected chi connectivity index (χ2v) is 5.46. The molecule has 1 unspecified atom stereocenters. The van der Waals surface area contributed by atoms with Crippen molar-refractivity contribution in [3.05, 3.63) is 48.5 Å². The normalized spacial score (nSPS) is 11.9. The van der Waals surface area contributed by atoms with Gasteiger partial charge in [0.1, 0.15) is 17.9 Å². The molecule has 3 aromatic rings. The summed E-state index contributed by atoms with van der Waals surface area (Å²) in [6, 6.07) is 5.35. The third-order valence-corrected chi connectivity index (χ3v) is 3.38. The Labute approximate surface area is 138 Å². The second kappa shape index (κ2) is 6.83. The van der Waals surface area contributed by atoms with E-state index < -0.39 is 0 Å². The summed E-state index contributed by atoms with van der Waals surface area (Å²) in [5.74, 6) is 1.68. The maximum Gasteiger partial charge on any atom is 0.249 e. The van der Waals surface area contributed by atoms with E-state index in [-0.39, 0.29) is 17.7 Å². The van der Waals surface area contributed by atoms with Crippen molar-refractivity contribution in [2.45, 2.75) is 19.9 Å². The lowest BCUT2D eigenvalue weighted by Crippen LogP contribution is -2.18. The lowest BCUT2D eigenvalue weighted by Gasteiger charge is -2.18. The minimum Gasteiger partial charge on any atom is -0.357 e. The molecule has 0 saturated carbocycles. The minimum atomic E-state index is -0.227. The molecule has 8 heteroatoms. The number of hydrogen-bond donors (Lipinski definition) is 1. The summed E-state index contributed by atoms with van der Waals surface area (Å²) in [4.78, 5) is 16.6. The van der Waals surface area contributed by atoms with Gasteiger partial charge in [-0.05, 0) is 18.1 Å². The van der Waals surface area contributed by atoms with Crippen LogP contribution in [-0.4, -0.2) is 25.1 Å². The van der Waals surface area contributed by atoms with Crippen molar-refractivity contribution in [2.75, 3.05) is 5.32 Å². The first-order valence-corrected chi connectivity index (χ1v) is 7.40. The van der Waals surface area contributed by atoms with Crippen molar-refractivity contribution in [1.29, 1.82) is 5.26 Å². The van der Waals surface area contributed by atoms with Crippen LogP contribution in [-0.2, 0) is 0 Å². The number of nitriles is 1. The number of pyridine rings is 1. The molecule has 0 aromatic carbocycles. The molecule has 0 saturated heterocycles. The predicted molar refractivity (Wildman–Crippen MR) is 85.5 cm³/mol. The predicted octanol–water partition coefficient (Wildman–Crippen LogP) is 2.60. The fraction of sp³-hybridized carbons (Fsp3) is 0.250. The standard InChI is InChI=1S/C16H15N7O/c1-10(2)14(21-13-9-19-12(7-17)8-20-13)16-22-15(23-24-16)11-3-5-18-6-4-11/h3-6,8-10,14H,1-2H3,(H,20,21). The van der Waals surface area contributed by atoms with Gasteiger partial charge >= 0.3 is 0 Å². The monoisotopic (exact) mass is 321 g/mol. The zero-order chi connectivity index (χ0) is 16.9. The molecule has 0 radical (unpaired) electrons. The summed E-state index contributed by atoms with van der Waals surface area (Å²) in [7, 11) is 0. The molecule has 24 heavy (non-hydrogen) atoms. The van der Waals surface area contributed by atoms with E-state index >= 15 is 0 Å². The molecule has 0 fully saturated rings. The highest BCUT2D eigenvalue weighted by Crippen LogP contribution is 2.26. The molecule has 0 amide bonds. The molecule has 8 nitrogen and oxygen atoms in total. The van der Waals surface area contributed by atoms with E-state index in [2.05, 4.69) is 30.4 Å². The van der Waals surface area contributed by atoms with Crippen LogP contribution >= 0.6 is 0 Å². The third kappa shape index (κ3) is 3.35. The zero-order valence-electron chi connectivity index (χ0n) is 13.2. The van der Waals surface area contributed by atoms with Crippen molar-refractivity contribution in [3.8, 4) is 17.5 Å². The first kappa shape index (κ1) is 15.6. The number of nitrogens with zero attached hydrogens (tertiary/aromatic N) is 6. The average molecular weight is 321 g/mol. The molecule has 3 aromatic heterocycles. The van der Waals surface area contributed by atoms with Crippen molar-refractivity contribution in [1.82, 2.24) is 25.1 Å². The highest BCUT2D eigenvalue weighted by Gasteiger charge is 2.23. The van der Waals surface area contributed by atoms with Crippen LogP contribution in [0.25, 0.3) is 11.4 Å². The van der Waals surface area contributed by atoms with E-state index in [4.69, 9.17) is 9.78 Å². The Morgan fingerprint density at radius 3 is 2.58 bits per heavy atom. The van der Waals surface area contributed by atoms with Gasteiger partial charge in [-0.2, -0.15) is 10.2 Å². The van der Waals surface area contributed by atoms with Crippen molar-refractivity contribution >= 4 is 5.82 Å². The van der Waals surface area contributed by atoms with Crippen molar-refractivity contribution in [2.24, 2.45) is 5.92 Å². The van der Waals surface area contributed by atoms with Gasteiger partial charge in [-0.15, -0.1) is 0 Å². The first-order chi connectivity index (χ1) is 11.7. The van der Waals surface area contributed by atoms with Crippen LogP contribution in [0.1, 0.15) is 31.5 Å². The Morgan fingerprint density at radius 2 is 1.96 bits per heavy atom. The highest BCUT2D eigenvalue weighted by molar-refractivity contribution is 5.52. The van der Waals surface area contributed by atoms with Crippen molar-refractivity contribution < 1.29 is 4.52 Å². The summed E-state index contributed by atoms with van der Waals surface area (Å²) in [6.07, 6.45) is 6.27. The van der Waals surface area contributed by atoms with Gasteiger partial charge in [-0.25, -0.2) is 9.97 Å². The average Bonchev–Trinajstić information content (AvgIpc) is 3.10. The molecular formula is C16H15N7O. The first-order valence-electron chi connectivity index (χ1n) is 7.40. The zero-order valence-corrected chi connectivity index (χ0v) is 13.2. The second-order valence-electron chi connectivity index (χ2n) is 5.46. The fourth-order valence-electron chi connectivity index (χ4n) is 2.11. The lowest BCUT2D eigenvalue weighted by atomic mass is 10.0. The van der Waals surface area contributed by atoms with Crippen LogP contribution in [0.15, 0.2) is 41.4 Å². The maximum atomic E-state index is 8.78. The molecule has 0 aliphatic rings. The van der Waals surface area contributed by atoms with Gasteiger partial charge in [0.05, 0.1) is 12.4 Å². The summed E-state index contributed by atoms with van der Waals surface area (Å²) in [5.41, 5.74) is 1.10. The molecule has 0 aliphatic carbocycles. The molecule has 3 heterocycles. The van der Waals surface area contributed by atoms with Crippen LogP contribution in [0.3, 0.4) is 0 Å². The Morgan fingerprint density at radius 1 is 1.17 bits per heavy atom. The molecule has 3 rings (SSSR count). The largest absolute Gasteiger partial charge is 0.357 e. The summed E-state index contributed by atoms with van der Waals surface area (Å²) >= 11 is 0. The Hall–Kier alpha value is -3.34. The molecule has 0 aliphatic heterocycles. The van der Waals surface area contributed by atoms with E-state index in [0.29, 0.717) is 17.5 Å². The fourth-order valence-corrected chi connectivity index (χ4v) is 2.11. The number of anilines is 1. The van der Waals surface area contributed by atoms with Crippen LogP contribution in [0.2, 0.25) is 0 Å². The van der Waals surface area contributed by atoms with Crippen LogP contribution in [0.5, 0.6) is 0 Å². The smallest absolute Gasteiger partial charge is 0.249 e. The van der Waals surface area contributed by atoms with Gasteiger partial charge in [0, 0.05) is 18.0 Å². The number of hydrogen-bond acceptors (Lipinski definition) is 8. The van der Waals surface area contributed by atoms with Gasteiger partial charge in [0.25, 0.3) is 0 Å². The van der Waals surface area contributed by atoms with E-state index in [0.717, 1.165) is 5.56 Å². The lowest BCUT2D eigenvalue weighted by molar-refractivity contribution is 0.335. The SMILES string of the molecule is CC(C)C(Nc1cnc(C#N)cn1)c1nc(-c2ccncc2)no1. The topological polar surface area (TPSA) is 113 Å². The van der Waals surface area contributed by atoms with Gasteiger partial charge in [0.2, 0.25) is 11.7 Å². The van der Waals surface area contributed by atoms with Crippen LogP contribution in [0.4, 0.5) is 5.82 Å².